The summed E-state index contributed by atoms with van der Waals surface area (Å²) < 4.78 is 0. The van der Waals surface area contributed by atoms with Crippen LogP contribution in [0, 0.1) is 35.5 Å². The van der Waals surface area contributed by atoms with Crippen molar-refractivity contribution in [1.82, 2.24) is 10.6 Å². The lowest BCUT2D eigenvalue weighted by atomic mass is 9.89. The van der Waals surface area contributed by atoms with Gasteiger partial charge in [0.05, 0.1) is 0 Å². The van der Waals surface area contributed by atoms with Crippen molar-refractivity contribution in [2.24, 2.45) is 35.5 Å². The zero-order valence-electron chi connectivity index (χ0n) is 21.7. The van der Waals surface area contributed by atoms with Crippen LogP contribution in [0.2, 0.25) is 0 Å². The topological polar surface area (TPSA) is 82.3 Å². The van der Waals surface area contributed by atoms with Crippen LogP contribution in [-0.4, -0.2) is 25.2 Å². The minimum absolute atomic E-state index is 0.113. The maximum Gasteiger partial charge on any atom is 0.319 e. The first-order valence-electron chi connectivity index (χ1n) is 14.3. The summed E-state index contributed by atoms with van der Waals surface area (Å²) in [5.74, 6) is 4.78. The third-order valence-electron chi connectivity index (χ3n) is 9.65. The van der Waals surface area contributed by atoms with Gasteiger partial charge in [0.1, 0.15) is 0 Å². The SMILES string of the molecule is O=C(NC[C@@H]1C[C@@H]2CC[C@@H]1C2)Nc1ccc(Cc2ccc(NC(=O)NC[C@@H]3C[C@@H]4CC[C@@H]3C4)cc2)cc1. The lowest BCUT2D eigenvalue weighted by molar-refractivity contribution is 0.245. The molecule has 0 aliphatic heterocycles. The van der Waals surface area contributed by atoms with Crippen LogP contribution in [0.15, 0.2) is 48.5 Å². The van der Waals surface area contributed by atoms with Gasteiger partial charge in [0, 0.05) is 24.5 Å². The van der Waals surface area contributed by atoms with Crippen molar-refractivity contribution in [1.29, 1.82) is 0 Å². The van der Waals surface area contributed by atoms with Gasteiger partial charge in [-0.1, -0.05) is 37.1 Å². The fraction of sp³-hybridized carbons (Fsp3) is 0.548. The summed E-state index contributed by atoms with van der Waals surface area (Å²) in [6.45, 7) is 1.58. The Morgan fingerprint density at radius 3 is 1.38 bits per heavy atom. The van der Waals surface area contributed by atoms with Crippen LogP contribution in [0.5, 0.6) is 0 Å². The third-order valence-corrected chi connectivity index (χ3v) is 9.65. The Hall–Kier alpha value is -3.02. The van der Waals surface area contributed by atoms with Gasteiger partial charge in [0.2, 0.25) is 0 Å². The fourth-order valence-electron chi connectivity index (χ4n) is 7.70. The van der Waals surface area contributed by atoms with Gasteiger partial charge in [-0.05, 0) is 116 Å². The number of nitrogens with one attached hydrogen (secondary N) is 4. The summed E-state index contributed by atoms with van der Waals surface area (Å²) in [7, 11) is 0. The van der Waals surface area contributed by atoms with Crippen LogP contribution in [0.4, 0.5) is 21.0 Å². The van der Waals surface area contributed by atoms with Gasteiger partial charge >= 0.3 is 12.1 Å². The number of carbonyl (C=O) groups is 2. The molecule has 4 amide bonds. The molecule has 0 spiro atoms. The first-order chi connectivity index (χ1) is 18.1. The maximum absolute atomic E-state index is 12.3. The Morgan fingerprint density at radius 2 is 1.03 bits per heavy atom. The van der Waals surface area contributed by atoms with E-state index < -0.39 is 0 Å². The molecule has 37 heavy (non-hydrogen) atoms. The predicted octanol–water partition coefficient (Wildman–Crippen LogP) is 6.39. The lowest BCUT2D eigenvalue weighted by Gasteiger charge is -2.21. The van der Waals surface area contributed by atoms with Crippen molar-refractivity contribution in [2.45, 2.75) is 57.8 Å². The van der Waals surface area contributed by atoms with E-state index in [9.17, 15) is 9.59 Å². The molecular weight excluding hydrogens is 460 g/mol. The average Bonchev–Trinajstić information content (AvgIpc) is 3.71. The number of anilines is 2. The zero-order chi connectivity index (χ0) is 25.2. The molecule has 2 aromatic carbocycles. The minimum atomic E-state index is -0.113. The Labute approximate surface area is 220 Å². The van der Waals surface area contributed by atoms with Crippen LogP contribution in [0.25, 0.3) is 0 Å². The second-order valence-corrected chi connectivity index (χ2v) is 12.1. The number of amides is 4. The molecule has 0 saturated heterocycles. The highest BCUT2D eigenvalue weighted by atomic mass is 16.2. The molecule has 4 N–H and O–H groups in total. The summed E-state index contributed by atoms with van der Waals surface area (Å²) in [6, 6.07) is 15.8. The van der Waals surface area contributed by atoms with Gasteiger partial charge in [-0.3, -0.25) is 0 Å². The molecule has 0 unspecified atom stereocenters. The van der Waals surface area contributed by atoms with Crippen LogP contribution in [0.1, 0.15) is 62.5 Å². The van der Waals surface area contributed by atoms with Crippen molar-refractivity contribution < 1.29 is 9.59 Å². The fourth-order valence-corrected chi connectivity index (χ4v) is 7.70. The summed E-state index contributed by atoms with van der Waals surface area (Å²) in [5.41, 5.74) is 3.98. The van der Waals surface area contributed by atoms with E-state index in [1.54, 1.807) is 0 Å². The van der Waals surface area contributed by atoms with Crippen molar-refractivity contribution in [3.63, 3.8) is 0 Å². The Bertz CT molecular complexity index is 1010. The molecular formula is C31H40N4O2. The molecule has 6 rings (SSSR count). The largest absolute Gasteiger partial charge is 0.338 e. The smallest absolute Gasteiger partial charge is 0.319 e. The molecule has 6 nitrogen and oxygen atoms in total. The summed E-state index contributed by atoms with van der Waals surface area (Å²) in [6.07, 6.45) is 11.6. The number of urea groups is 2. The van der Waals surface area contributed by atoms with Gasteiger partial charge in [0.15, 0.2) is 0 Å². The Balaban J connectivity index is 0.917. The second kappa shape index (κ2) is 10.8. The molecule has 4 aliphatic carbocycles. The standard InChI is InChI=1S/C31H40N4O2/c36-30(32-18-26-16-22-1-7-24(26)14-22)34-28-9-3-20(4-10-28)13-21-5-11-29(12-6-21)35-31(37)33-19-27-17-23-2-8-25(27)15-23/h3-6,9-12,22-27H,1-2,7-8,13-19H2,(H2,32,34,36)(H2,33,35,37)/t22-,23-,24-,25-,26+,27+/m1/s1. The molecule has 6 atom stereocenters. The van der Waals surface area contributed by atoms with Crippen LogP contribution in [-0.2, 0) is 6.42 Å². The van der Waals surface area contributed by atoms with Gasteiger partial charge < -0.3 is 21.3 Å². The maximum atomic E-state index is 12.3. The number of benzene rings is 2. The Morgan fingerprint density at radius 1 is 0.595 bits per heavy atom. The highest BCUT2D eigenvalue weighted by Crippen LogP contribution is 2.48. The van der Waals surface area contributed by atoms with E-state index in [1.165, 1.54) is 62.5 Å². The van der Waals surface area contributed by atoms with E-state index in [-0.39, 0.29) is 12.1 Å². The third kappa shape index (κ3) is 5.94. The first kappa shape index (κ1) is 24.3. The highest BCUT2D eigenvalue weighted by molar-refractivity contribution is 5.89. The van der Waals surface area contributed by atoms with E-state index in [2.05, 4.69) is 45.5 Å². The quantitative estimate of drug-likeness (QED) is 0.339. The van der Waals surface area contributed by atoms with Gasteiger partial charge in [-0.15, -0.1) is 0 Å². The van der Waals surface area contributed by atoms with Crippen molar-refractivity contribution in [3.05, 3.63) is 59.7 Å². The molecule has 2 aromatic rings. The Kier molecular flexibility index (Phi) is 7.08. The second-order valence-electron chi connectivity index (χ2n) is 12.1. The number of hydrogen-bond donors (Lipinski definition) is 4. The molecule has 0 heterocycles. The summed E-state index contributed by atoms with van der Waals surface area (Å²) >= 11 is 0. The minimum Gasteiger partial charge on any atom is -0.338 e. The van der Waals surface area contributed by atoms with Crippen molar-refractivity contribution in [3.8, 4) is 0 Å². The van der Waals surface area contributed by atoms with E-state index in [0.717, 1.165) is 54.6 Å². The molecule has 4 aliphatic rings. The number of hydrogen-bond acceptors (Lipinski definition) is 2. The van der Waals surface area contributed by atoms with Gasteiger partial charge in [-0.25, -0.2) is 9.59 Å². The highest BCUT2D eigenvalue weighted by Gasteiger charge is 2.40. The number of fused-ring (bicyclic) bond motifs is 4. The van der Waals surface area contributed by atoms with E-state index in [4.69, 9.17) is 0 Å². The van der Waals surface area contributed by atoms with Crippen LogP contribution >= 0.6 is 0 Å². The monoisotopic (exact) mass is 500 g/mol. The molecule has 0 aromatic heterocycles. The van der Waals surface area contributed by atoms with E-state index >= 15 is 0 Å². The lowest BCUT2D eigenvalue weighted by Crippen LogP contribution is -2.34. The van der Waals surface area contributed by atoms with Crippen LogP contribution < -0.4 is 21.3 Å². The zero-order valence-corrected chi connectivity index (χ0v) is 21.7. The van der Waals surface area contributed by atoms with Gasteiger partial charge in [0.25, 0.3) is 0 Å². The summed E-state index contributed by atoms with van der Waals surface area (Å²) in [5, 5.41) is 12.1. The van der Waals surface area contributed by atoms with Gasteiger partial charge in [-0.2, -0.15) is 0 Å². The number of carbonyl (C=O) groups excluding carboxylic acids is 2. The molecule has 4 fully saturated rings. The van der Waals surface area contributed by atoms with Crippen molar-refractivity contribution >= 4 is 23.4 Å². The summed E-state index contributed by atoms with van der Waals surface area (Å²) in [4.78, 5) is 24.7. The predicted molar refractivity (Wildman–Crippen MR) is 148 cm³/mol. The molecule has 196 valence electrons. The van der Waals surface area contributed by atoms with E-state index in [1.807, 2.05) is 24.3 Å². The molecule has 0 radical (unpaired) electrons. The normalized spacial score (nSPS) is 29.3. The molecule has 4 bridgehead atoms. The molecule has 4 saturated carbocycles. The average molecular weight is 501 g/mol. The van der Waals surface area contributed by atoms with Crippen molar-refractivity contribution in [2.75, 3.05) is 23.7 Å². The van der Waals surface area contributed by atoms with E-state index in [0.29, 0.717) is 11.8 Å². The van der Waals surface area contributed by atoms with Crippen LogP contribution in [0.3, 0.4) is 0 Å². The number of rotatable bonds is 8. The first-order valence-corrected chi connectivity index (χ1v) is 14.3. The molecule has 6 heteroatoms.